The van der Waals surface area contributed by atoms with E-state index in [9.17, 15) is 28.8 Å². The average Bonchev–Trinajstić information content (AvgIpc) is 3.33. The first-order chi connectivity index (χ1) is 22.6. The summed E-state index contributed by atoms with van der Waals surface area (Å²) in [6, 6.07) is 4.25. The third-order valence-corrected chi connectivity index (χ3v) is 7.21. The molecule has 2 aliphatic rings. The molecule has 0 fully saturated rings. The molecule has 0 aliphatic carbocycles. The second-order valence-corrected chi connectivity index (χ2v) is 10.2. The number of rotatable bonds is 7. The standard InChI is InChI=1S/C31H21F4NO12/c1-12(37)45-27-19(32)8-17-25(23(27)34)47-26-18(9-20(33)28(24(26)35)46-13(2)38)31(17)16-6-5-14(7-15(16)30(42)48-31)29(41)36(10-21(39)43-3)11-22(40)44-4/h5-9H,10-11H2,1-4H3. The van der Waals surface area contributed by atoms with Gasteiger partial charge in [-0.1, -0.05) is 6.07 Å². The Labute approximate surface area is 266 Å². The molecule has 2 aliphatic heterocycles. The number of amides is 1. The molecule has 3 aromatic carbocycles. The van der Waals surface area contributed by atoms with Gasteiger partial charge in [-0.2, -0.15) is 8.78 Å². The maximum absolute atomic E-state index is 15.8. The van der Waals surface area contributed by atoms with Gasteiger partial charge in [-0.3, -0.25) is 24.0 Å². The van der Waals surface area contributed by atoms with Crippen molar-refractivity contribution in [3.8, 4) is 23.0 Å². The van der Waals surface area contributed by atoms with Gasteiger partial charge in [-0.25, -0.2) is 13.6 Å². The van der Waals surface area contributed by atoms with Crippen molar-refractivity contribution < 1.29 is 74.8 Å². The van der Waals surface area contributed by atoms with Gasteiger partial charge in [0.15, 0.2) is 28.7 Å². The Morgan fingerprint density at radius 2 is 1.23 bits per heavy atom. The number of methoxy groups -OCH3 is 2. The quantitative estimate of drug-likeness (QED) is 0.156. The first kappa shape index (κ1) is 33.4. The molecule has 250 valence electrons. The van der Waals surface area contributed by atoms with Crippen LogP contribution in [0.4, 0.5) is 17.6 Å². The Bertz CT molecular complexity index is 1860. The van der Waals surface area contributed by atoms with Crippen LogP contribution in [0.5, 0.6) is 23.0 Å². The lowest BCUT2D eigenvalue weighted by atomic mass is 9.77. The predicted octanol–water partition coefficient (Wildman–Crippen LogP) is 3.45. The third-order valence-electron chi connectivity index (χ3n) is 7.21. The summed E-state index contributed by atoms with van der Waals surface area (Å²) >= 11 is 0. The summed E-state index contributed by atoms with van der Waals surface area (Å²) in [5.41, 5.74) is -4.89. The van der Waals surface area contributed by atoms with E-state index in [1.807, 2.05) is 0 Å². The summed E-state index contributed by atoms with van der Waals surface area (Å²) in [6.45, 7) is 0.269. The Morgan fingerprint density at radius 3 is 1.67 bits per heavy atom. The zero-order valence-electron chi connectivity index (χ0n) is 25.2. The summed E-state index contributed by atoms with van der Waals surface area (Å²) in [7, 11) is 2.08. The van der Waals surface area contributed by atoms with E-state index in [0.717, 1.165) is 51.2 Å². The Balaban J connectivity index is 1.76. The van der Waals surface area contributed by atoms with Crippen molar-refractivity contribution in [2.24, 2.45) is 0 Å². The van der Waals surface area contributed by atoms with Gasteiger partial charge >= 0.3 is 29.8 Å². The van der Waals surface area contributed by atoms with Gasteiger partial charge in [0.1, 0.15) is 13.1 Å². The molecule has 2 heterocycles. The average molecular weight is 675 g/mol. The molecule has 0 bridgehead atoms. The predicted molar refractivity (Wildman–Crippen MR) is 147 cm³/mol. The van der Waals surface area contributed by atoms with Crippen LogP contribution in [0.1, 0.15) is 51.3 Å². The minimum atomic E-state index is -2.57. The van der Waals surface area contributed by atoms with E-state index >= 15 is 17.6 Å². The number of carbonyl (C=O) groups is 6. The lowest BCUT2D eigenvalue weighted by molar-refractivity contribution is -0.144. The van der Waals surface area contributed by atoms with Crippen LogP contribution in [-0.2, 0) is 39.0 Å². The Kier molecular flexibility index (Phi) is 8.56. The van der Waals surface area contributed by atoms with Crippen LogP contribution in [0.3, 0.4) is 0 Å². The Morgan fingerprint density at radius 1 is 0.750 bits per heavy atom. The number of esters is 5. The lowest BCUT2D eigenvalue weighted by Gasteiger charge is -2.37. The van der Waals surface area contributed by atoms with E-state index in [4.69, 9.17) is 9.47 Å². The van der Waals surface area contributed by atoms with Crippen molar-refractivity contribution in [2.45, 2.75) is 19.4 Å². The van der Waals surface area contributed by atoms with Gasteiger partial charge < -0.3 is 33.3 Å². The summed E-state index contributed by atoms with van der Waals surface area (Å²) in [5.74, 6) is -17.2. The van der Waals surface area contributed by atoms with E-state index in [1.165, 1.54) is 0 Å². The lowest BCUT2D eigenvalue weighted by Crippen LogP contribution is -2.40. The van der Waals surface area contributed by atoms with E-state index < -0.39 is 117 Å². The highest BCUT2D eigenvalue weighted by Gasteiger charge is 2.56. The minimum Gasteiger partial charge on any atom is -0.468 e. The number of halogens is 4. The molecule has 0 atom stereocenters. The second kappa shape index (κ2) is 12.3. The molecule has 1 spiro atoms. The van der Waals surface area contributed by atoms with Crippen molar-refractivity contribution in [1.29, 1.82) is 0 Å². The van der Waals surface area contributed by atoms with Gasteiger partial charge in [0, 0.05) is 25.0 Å². The fraction of sp³-hybridized carbons (Fsp3) is 0.226. The van der Waals surface area contributed by atoms with E-state index in [2.05, 4.69) is 18.9 Å². The molecule has 17 heteroatoms. The molecule has 0 aromatic heterocycles. The molecular formula is C31H21F4NO12. The van der Waals surface area contributed by atoms with Gasteiger partial charge in [0.05, 0.1) is 30.9 Å². The second-order valence-electron chi connectivity index (χ2n) is 10.2. The largest absolute Gasteiger partial charge is 0.468 e. The van der Waals surface area contributed by atoms with E-state index in [0.29, 0.717) is 12.1 Å². The summed E-state index contributed by atoms with van der Waals surface area (Å²) in [5, 5.41) is 0. The summed E-state index contributed by atoms with van der Waals surface area (Å²) in [4.78, 5) is 74.7. The van der Waals surface area contributed by atoms with Gasteiger partial charge in [-0.05, 0) is 24.3 Å². The van der Waals surface area contributed by atoms with Crippen molar-refractivity contribution in [3.05, 3.63) is 81.4 Å². The molecule has 5 rings (SSSR count). The Hall–Kier alpha value is -6.00. The van der Waals surface area contributed by atoms with Crippen molar-refractivity contribution >= 4 is 35.8 Å². The smallest absolute Gasteiger partial charge is 0.340 e. The fourth-order valence-electron chi connectivity index (χ4n) is 5.24. The highest BCUT2D eigenvalue weighted by atomic mass is 19.1. The van der Waals surface area contributed by atoms with Crippen molar-refractivity contribution in [2.75, 3.05) is 27.3 Å². The fourth-order valence-corrected chi connectivity index (χ4v) is 5.24. The monoisotopic (exact) mass is 675 g/mol. The highest BCUT2D eigenvalue weighted by Crippen LogP contribution is 2.59. The molecule has 1 amide bonds. The zero-order chi connectivity index (χ0) is 35.2. The zero-order valence-corrected chi connectivity index (χ0v) is 25.2. The molecule has 13 nitrogen and oxygen atoms in total. The van der Waals surface area contributed by atoms with E-state index in [-0.39, 0.29) is 11.1 Å². The van der Waals surface area contributed by atoms with Crippen LogP contribution in [-0.4, -0.2) is 68.0 Å². The number of fused-ring (bicyclic) bond motifs is 6. The molecular weight excluding hydrogens is 654 g/mol. The molecule has 0 saturated carbocycles. The van der Waals surface area contributed by atoms with Crippen molar-refractivity contribution in [3.63, 3.8) is 0 Å². The molecule has 0 saturated heterocycles. The van der Waals surface area contributed by atoms with Crippen LogP contribution >= 0.6 is 0 Å². The van der Waals surface area contributed by atoms with Crippen LogP contribution in [0.25, 0.3) is 0 Å². The minimum absolute atomic E-state index is 0.291. The van der Waals surface area contributed by atoms with Crippen LogP contribution < -0.4 is 14.2 Å². The van der Waals surface area contributed by atoms with Crippen LogP contribution in [0, 0.1) is 23.3 Å². The topological polar surface area (TPSA) is 161 Å². The van der Waals surface area contributed by atoms with Gasteiger partial charge in [0.25, 0.3) is 5.91 Å². The summed E-state index contributed by atoms with van der Waals surface area (Å²) in [6.07, 6.45) is 0. The third kappa shape index (κ3) is 5.41. The normalized spacial score (nSPS) is 13.3. The molecule has 3 aromatic rings. The number of hydrogen-bond donors (Lipinski definition) is 0. The molecule has 0 N–H and O–H groups in total. The van der Waals surface area contributed by atoms with Crippen LogP contribution in [0.2, 0.25) is 0 Å². The molecule has 48 heavy (non-hydrogen) atoms. The maximum Gasteiger partial charge on any atom is 0.340 e. The SMILES string of the molecule is COC(=O)CN(CC(=O)OC)C(=O)c1ccc2c(c1)C(=O)OC21c2cc(F)c(OC(C)=O)c(F)c2Oc2c1cc(F)c(OC(C)=O)c2F. The van der Waals surface area contributed by atoms with E-state index in [1.54, 1.807) is 0 Å². The number of carbonyl (C=O) groups excluding carboxylic acids is 6. The number of ether oxygens (including phenoxy) is 6. The van der Waals surface area contributed by atoms with Gasteiger partial charge in [-0.15, -0.1) is 0 Å². The number of benzene rings is 3. The number of nitrogens with zero attached hydrogens (tertiary/aromatic N) is 1. The van der Waals surface area contributed by atoms with Gasteiger partial charge in [0.2, 0.25) is 23.1 Å². The first-order valence-electron chi connectivity index (χ1n) is 13.5. The molecule has 0 radical (unpaired) electrons. The summed E-state index contributed by atoms with van der Waals surface area (Å²) < 4.78 is 91.8. The van der Waals surface area contributed by atoms with Crippen molar-refractivity contribution in [1.82, 2.24) is 4.90 Å². The number of hydrogen-bond acceptors (Lipinski definition) is 12. The first-order valence-corrected chi connectivity index (χ1v) is 13.5. The van der Waals surface area contributed by atoms with Crippen LogP contribution in [0.15, 0.2) is 30.3 Å². The highest BCUT2D eigenvalue weighted by molar-refractivity contribution is 6.03. The molecule has 0 unspecified atom stereocenters. The maximum atomic E-state index is 15.8.